The van der Waals surface area contributed by atoms with Crippen LogP contribution in [0.4, 0.5) is 5.69 Å². The summed E-state index contributed by atoms with van der Waals surface area (Å²) in [4.78, 5) is 20.2. The Balaban J connectivity index is 2.39. The Morgan fingerprint density at radius 1 is 1.32 bits per heavy atom. The van der Waals surface area contributed by atoms with Gasteiger partial charge in [0.25, 0.3) is 15.7 Å². The Morgan fingerprint density at radius 3 is 2.53 bits per heavy atom. The van der Waals surface area contributed by atoms with E-state index in [1.807, 2.05) is 0 Å². The van der Waals surface area contributed by atoms with E-state index in [2.05, 4.69) is 45.4 Å². The van der Waals surface area contributed by atoms with Crippen LogP contribution in [0.25, 0.3) is 0 Å². The van der Waals surface area contributed by atoms with E-state index < -0.39 is 39.9 Å². The van der Waals surface area contributed by atoms with Gasteiger partial charge < -0.3 is 9.16 Å². The number of sulfonamides is 1. The first-order valence-electron chi connectivity index (χ1n) is 10.7. The van der Waals surface area contributed by atoms with Crippen LogP contribution >= 0.6 is 0 Å². The highest BCUT2D eigenvalue weighted by Gasteiger charge is 2.41. The second-order valence-corrected chi connectivity index (χ2v) is 15.8. The van der Waals surface area contributed by atoms with E-state index in [1.54, 1.807) is 6.08 Å². The van der Waals surface area contributed by atoms with Crippen molar-refractivity contribution in [2.24, 2.45) is 4.99 Å². The Labute approximate surface area is 202 Å². The smallest absolute Gasteiger partial charge is 0.289 e. The Kier molecular flexibility index (Phi) is 8.94. The van der Waals surface area contributed by atoms with Crippen LogP contribution in [0.3, 0.4) is 0 Å². The van der Waals surface area contributed by atoms with Crippen molar-refractivity contribution in [3.8, 4) is 0 Å². The third-order valence-electron chi connectivity index (χ3n) is 5.88. The molecule has 0 radical (unpaired) electrons. The molecule has 10 nitrogen and oxygen atoms in total. The highest BCUT2D eigenvalue weighted by Crippen LogP contribution is 2.36. The van der Waals surface area contributed by atoms with Gasteiger partial charge in [0.05, 0.1) is 37.5 Å². The lowest BCUT2D eigenvalue weighted by molar-refractivity contribution is -0.388. The quantitative estimate of drug-likeness (QED) is 0.190. The molecule has 2 rings (SSSR count). The van der Waals surface area contributed by atoms with Crippen LogP contribution in [0.2, 0.25) is 18.1 Å². The minimum Gasteiger partial charge on any atom is -0.499 e. The van der Waals surface area contributed by atoms with Gasteiger partial charge in [0, 0.05) is 12.1 Å². The third kappa shape index (κ3) is 6.19. The number of rotatable bonds is 11. The Hall–Kier alpha value is -2.38. The number of methoxy groups -OCH3 is 1. The second kappa shape index (κ2) is 10.9. The number of dihydropyridines is 1. The molecule has 12 heteroatoms. The summed E-state index contributed by atoms with van der Waals surface area (Å²) >= 11 is 0. The third-order valence-corrected chi connectivity index (χ3v) is 12.1. The maximum absolute atomic E-state index is 13.5. The molecule has 0 aliphatic carbocycles. The minimum absolute atomic E-state index is 0.00707. The number of hydrogen-bond donors (Lipinski definition) is 0. The lowest BCUT2D eigenvalue weighted by atomic mass is 10.1. The predicted octanol–water partition coefficient (Wildman–Crippen LogP) is 4.08. The van der Waals surface area contributed by atoms with Crippen molar-refractivity contribution in [2.75, 3.05) is 26.9 Å². The first kappa shape index (κ1) is 27.9. The number of nitrogens with zero attached hydrogens (tertiary/aromatic N) is 3. The van der Waals surface area contributed by atoms with Crippen molar-refractivity contribution in [1.29, 1.82) is 0 Å². The fourth-order valence-electron chi connectivity index (χ4n) is 2.90. The maximum Gasteiger partial charge on any atom is 0.289 e. The van der Waals surface area contributed by atoms with Gasteiger partial charge in [-0.3, -0.25) is 19.9 Å². The number of ether oxygens (including phenoxy) is 1. The normalized spacial score (nSPS) is 17.2. The molecule has 0 bridgehead atoms. The van der Waals surface area contributed by atoms with Gasteiger partial charge in [-0.25, -0.2) is 8.42 Å². The number of aliphatic imine (C=N–C) groups is 1. The molecule has 188 valence electrons. The Bertz CT molecular complexity index is 1080. The lowest BCUT2D eigenvalue weighted by Crippen LogP contribution is -2.46. The van der Waals surface area contributed by atoms with Gasteiger partial charge in [-0.1, -0.05) is 43.4 Å². The summed E-state index contributed by atoms with van der Waals surface area (Å²) in [6.07, 6.45) is 3.00. The molecule has 0 aromatic heterocycles. The largest absolute Gasteiger partial charge is 0.499 e. The topological polar surface area (TPSA) is 121 Å². The molecule has 1 aromatic rings. The fraction of sp³-hybridized carbons (Fsp3) is 0.500. The summed E-state index contributed by atoms with van der Waals surface area (Å²) in [6, 6.07) is 4.13. The molecule has 0 N–H and O–H groups in total. The van der Waals surface area contributed by atoms with Crippen molar-refractivity contribution >= 4 is 29.7 Å². The average Bonchev–Trinajstić information content (AvgIpc) is 2.77. The molecular formula is C22H33N3O7SSi. The standard InChI is InChI=1S/C22H33N3O7SSi/c1-8-13-31-25(33(28,29)21-12-10-9-11-18(21)24(26)27)19-15-23-17(14-20(19)30-5)16-32-34(6,7)22(2,3)4/h8-12,14,19H,1,13,15-16H2,2-7H3. The van der Waals surface area contributed by atoms with Crippen molar-refractivity contribution in [3.05, 3.63) is 58.9 Å². The van der Waals surface area contributed by atoms with E-state index in [0.29, 0.717) is 10.2 Å². The van der Waals surface area contributed by atoms with Crippen molar-refractivity contribution in [1.82, 2.24) is 4.47 Å². The van der Waals surface area contributed by atoms with E-state index in [-0.39, 0.29) is 30.6 Å². The first-order valence-corrected chi connectivity index (χ1v) is 15.1. The summed E-state index contributed by atoms with van der Waals surface area (Å²) in [7, 11) is -5.07. The van der Waals surface area contributed by atoms with Gasteiger partial charge in [-0.2, -0.15) is 0 Å². The molecule has 1 unspecified atom stereocenters. The highest BCUT2D eigenvalue weighted by molar-refractivity contribution is 7.89. The summed E-state index contributed by atoms with van der Waals surface area (Å²) in [5.41, 5.74) is 0.0603. The number of hydroxylamine groups is 1. The van der Waals surface area contributed by atoms with Gasteiger partial charge in [0.2, 0.25) is 0 Å². The van der Waals surface area contributed by atoms with Gasteiger partial charge in [0.15, 0.2) is 13.2 Å². The van der Waals surface area contributed by atoms with Crippen molar-refractivity contribution in [2.45, 2.75) is 49.8 Å². The molecule has 0 spiro atoms. The number of para-hydroxylation sites is 1. The van der Waals surface area contributed by atoms with E-state index in [1.165, 1.54) is 31.4 Å². The summed E-state index contributed by atoms with van der Waals surface area (Å²) in [5, 5.41) is 11.5. The number of nitro groups is 1. The maximum atomic E-state index is 13.5. The molecule has 0 fully saturated rings. The van der Waals surface area contributed by atoms with Crippen LogP contribution in [0.1, 0.15) is 20.8 Å². The van der Waals surface area contributed by atoms with E-state index in [0.717, 1.165) is 6.07 Å². The van der Waals surface area contributed by atoms with Crippen LogP contribution < -0.4 is 0 Å². The molecule has 1 aromatic carbocycles. The van der Waals surface area contributed by atoms with Crippen LogP contribution in [-0.4, -0.2) is 64.7 Å². The summed E-state index contributed by atoms with van der Waals surface area (Å²) in [6.45, 7) is 14.3. The minimum atomic E-state index is -4.46. The van der Waals surface area contributed by atoms with E-state index in [9.17, 15) is 18.5 Å². The zero-order chi connectivity index (χ0) is 25.7. The van der Waals surface area contributed by atoms with Crippen molar-refractivity contribution in [3.63, 3.8) is 0 Å². The van der Waals surface area contributed by atoms with Gasteiger partial charge in [-0.15, -0.1) is 6.58 Å². The fourth-order valence-corrected chi connectivity index (χ4v) is 5.40. The van der Waals surface area contributed by atoms with Gasteiger partial charge in [0.1, 0.15) is 11.8 Å². The lowest BCUT2D eigenvalue weighted by Gasteiger charge is -2.36. The summed E-state index contributed by atoms with van der Waals surface area (Å²) < 4.78 is 39.4. The highest BCUT2D eigenvalue weighted by atomic mass is 32.2. The zero-order valence-electron chi connectivity index (χ0n) is 20.5. The molecule has 1 aliphatic heterocycles. The van der Waals surface area contributed by atoms with Crippen LogP contribution in [0, 0.1) is 10.1 Å². The molecule has 34 heavy (non-hydrogen) atoms. The molecule has 0 saturated carbocycles. The predicted molar refractivity (Wildman–Crippen MR) is 133 cm³/mol. The van der Waals surface area contributed by atoms with E-state index >= 15 is 0 Å². The average molecular weight is 512 g/mol. The SMILES string of the molecule is C=CCON(C1CN=C(CO[Si](C)(C)C(C)(C)C)C=C1OC)S(=O)(=O)c1ccccc1[N+](=O)[O-]. The Morgan fingerprint density at radius 2 is 1.97 bits per heavy atom. The van der Waals surface area contributed by atoms with Crippen molar-refractivity contribution < 1.29 is 27.3 Å². The molecule has 1 heterocycles. The van der Waals surface area contributed by atoms with Gasteiger partial charge >= 0.3 is 0 Å². The van der Waals surface area contributed by atoms with Gasteiger partial charge in [-0.05, 0) is 24.2 Å². The number of hydrogen-bond acceptors (Lipinski definition) is 8. The molecule has 1 atom stereocenters. The number of nitro benzene ring substituents is 1. The van der Waals surface area contributed by atoms with Crippen LogP contribution in [-0.2, 0) is 24.0 Å². The number of benzene rings is 1. The van der Waals surface area contributed by atoms with Crippen LogP contribution in [0.5, 0.6) is 0 Å². The molecule has 1 aliphatic rings. The first-order chi connectivity index (χ1) is 15.8. The van der Waals surface area contributed by atoms with E-state index in [4.69, 9.17) is 14.0 Å². The molecular weight excluding hydrogens is 478 g/mol. The van der Waals surface area contributed by atoms with Crippen LogP contribution in [0.15, 0.2) is 58.6 Å². The molecule has 0 amide bonds. The zero-order valence-corrected chi connectivity index (χ0v) is 22.3. The second-order valence-electron chi connectivity index (χ2n) is 9.22. The summed E-state index contributed by atoms with van der Waals surface area (Å²) in [5.74, 6) is 0.287. The monoisotopic (exact) mass is 511 g/mol. The molecule has 0 saturated heterocycles.